The number of hydrogen-bond acceptors (Lipinski definition) is 7. The summed E-state index contributed by atoms with van der Waals surface area (Å²) in [4.78, 5) is 25.7. The number of methoxy groups -OCH3 is 2. The van der Waals surface area contributed by atoms with E-state index in [2.05, 4.69) is 25.2 Å². The molecular weight excluding hydrogens is 498 g/mol. The van der Waals surface area contributed by atoms with E-state index in [-0.39, 0.29) is 25.0 Å². The first-order valence-corrected chi connectivity index (χ1v) is 15.0. The second-order valence-corrected chi connectivity index (χ2v) is 12.2. The molecule has 1 saturated carbocycles. The molecule has 0 aromatic carbocycles. The topological polar surface area (TPSA) is 125 Å². The first-order valence-electron chi connectivity index (χ1n) is 15.0. The van der Waals surface area contributed by atoms with Crippen LogP contribution in [0.3, 0.4) is 0 Å². The highest BCUT2D eigenvalue weighted by atomic mass is 16.5. The highest BCUT2D eigenvalue weighted by molar-refractivity contribution is 5.89. The predicted octanol–water partition coefficient (Wildman–Crippen LogP) is 4.19. The molecule has 228 valence electrons. The van der Waals surface area contributed by atoms with Gasteiger partial charge in [-0.2, -0.15) is 0 Å². The highest BCUT2D eigenvalue weighted by Crippen LogP contribution is 2.41. The summed E-state index contributed by atoms with van der Waals surface area (Å²) in [6.07, 6.45) is 10.9. The van der Waals surface area contributed by atoms with Crippen molar-refractivity contribution in [3.8, 4) is 0 Å². The van der Waals surface area contributed by atoms with Crippen molar-refractivity contribution in [2.75, 3.05) is 20.8 Å². The van der Waals surface area contributed by atoms with Gasteiger partial charge in [0, 0.05) is 26.6 Å². The minimum absolute atomic E-state index is 0.0110. The molecular formula is C31H57NO7. The lowest BCUT2D eigenvalue weighted by atomic mass is 9.61. The van der Waals surface area contributed by atoms with Gasteiger partial charge in [0.15, 0.2) is 0 Å². The van der Waals surface area contributed by atoms with Gasteiger partial charge in [-0.05, 0) is 25.2 Å². The molecule has 0 radical (unpaired) electrons. The van der Waals surface area contributed by atoms with Gasteiger partial charge >= 0.3 is 0 Å². The van der Waals surface area contributed by atoms with Gasteiger partial charge in [-0.3, -0.25) is 9.59 Å². The number of ether oxygens (including phenoxy) is 2. The zero-order valence-corrected chi connectivity index (χ0v) is 25.5. The molecule has 0 heterocycles. The van der Waals surface area contributed by atoms with Crippen LogP contribution in [-0.4, -0.2) is 78.3 Å². The normalized spacial score (nSPS) is 26.4. The van der Waals surface area contributed by atoms with Gasteiger partial charge in [0.2, 0.25) is 5.91 Å². The van der Waals surface area contributed by atoms with Gasteiger partial charge in [0.25, 0.3) is 0 Å². The van der Waals surface area contributed by atoms with Crippen LogP contribution in [0.5, 0.6) is 0 Å². The molecule has 0 aromatic rings. The van der Waals surface area contributed by atoms with Crippen LogP contribution in [0, 0.1) is 23.2 Å². The molecule has 1 fully saturated rings. The van der Waals surface area contributed by atoms with E-state index < -0.39 is 47.4 Å². The molecule has 0 aliphatic heterocycles. The van der Waals surface area contributed by atoms with Crippen molar-refractivity contribution >= 4 is 11.7 Å². The van der Waals surface area contributed by atoms with E-state index in [1.54, 1.807) is 27.9 Å². The zero-order chi connectivity index (χ0) is 29.6. The van der Waals surface area contributed by atoms with Crippen molar-refractivity contribution < 1.29 is 34.4 Å². The number of carbonyl (C=O) groups excluding carboxylic acids is 2. The van der Waals surface area contributed by atoms with Gasteiger partial charge in [-0.15, -0.1) is 0 Å². The summed E-state index contributed by atoms with van der Waals surface area (Å²) >= 11 is 0. The maximum Gasteiger partial charge on any atom is 0.220 e. The molecule has 1 amide bonds. The average molecular weight is 556 g/mol. The van der Waals surface area contributed by atoms with Crippen LogP contribution in [0.15, 0.2) is 12.2 Å². The van der Waals surface area contributed by atoms with E-state index in [0.29, 0.717) is 12.3 Å². The minimum Gasteiger partial charge on any atom is -0.392 e. The Bertz CT molecular complexity index is 740. The maximum atomic E-state index is 13.1. The first-order chi connectivity index (χ1) is 18.4. The van der Waals surface area contributed by atoms with Crippen LogP contribution in [0.2, 0.25) is 0 Å². The van der Waals surface area contributed by atoms with Crippen molar-refractivity contribution in [3.05, 3.63) is 12.2 Å². The van der Waals surface area contributed by atoms with Crippen LogP contribution in [0.1, 0.15) is 98.8 Å². The van der Waals surface area contributed by atoms with Crippen LogP contribution in [0.4, 0.5) is 0 Å². The van der Waals surface area contributed by atoms with E-state index in [9.17, 15) is 24.9 Å². The fraction of sp³-hybridized carbons (Fsp3) is 0.871. The highest BCUT2D eigenvalue weighted by Gasteiger charge is 2.55. The van der Waals surface area contributed by atoms with Gasteiger partial charge in [-0.25, -0.2) is 0 Å². The second-order valence-electron chi connectivity index (χ2n) is 12.2. The van der Waals surface area contributed by atoms with Crippen molar-refractivity contribution in [2.24, 2.45) is 23.2 Å². The molecule has 0 aromatic heterocycles. The monoisotopic (exact) mass is 555 g/mol. The van der Waals surface area contributed by atoms with Crippen molar-refractivity contribution in [3.63, 3.8) is 0 Å². The molecule has 4 N–H and O–H groups in total. The summed E-state index contributed by atoms with van der Waals surface area (Å²) in [7, 11) is 3.20. The lowest BCUT2D eigenvalue weighted by molar-refractivity contribution is -0.173. The fourth-order valence-electron chi connectivity index (χ4n) is 5.72. The number of Topliss-reactive ketones (excluding diaryl/α,β-unsaturated/α-hetero) is 1. The molecule has 0 saturated heterocycles. The number of unbranched alkanes of at least 4 members (excludes halogenated alkanes) is 4. The molecule has 39 heavy (non-hydrogen) atoms. The summed E-state index contributed by atoms with van der Waals surface area (Å²) < 4.78 is 10.9. The molecule has 8 nitrogen and oxygen atoms in total. The molecule has 8 atom stereocenters. The maximum absolute atomic E-state index is 13.1. The largest absolute Gasteiger partial charge is 0.392 e. The Morgan fingerprint density at radius 1 is 1.13 bits per heavy atom. The Morgan fingerprint density at radius 2 is 1.79 bits per heavy atom. The van der Waals surface area contributed by atoms with E-state index in [1.165, 1.54) is 45.6 Å². The molecule has 1 rings (SSSR count). The van der Waals surface area contributed by atoms with E-state index >= 15 is 0 Å². The van der Waals surface area contributed by atoms with Gasteiger partial charge < -0.3 is 30.1 Å². The summed E-state index contributed by atoms with van der Waals surface area (Å²) in [5.41, 5.74) is -1.12. The SMILES string of the molecule is CCCCCCCC(C)CC(C/C=C/CCC(=O)NC(COC)C(O)[C@@H]1C(=O)C(C)(C)[C@H](O)[C@@H](C)[C@@H]1O)OC. The smallest absolute Gasteiger partial charge is 0.220 e. The molecule has 0 spiro atoms. The van der Waals surface area contributed by atoms with Crippen LogP contribution in [-0.2, 0) is 19.1 Å². The third-order valence-electron chi connectivity index (χ3n) is 8.46. The Balaban J connectivity index is 2.56. The van der Waals surface area contributed by atoms with E-state index in [0.717, 1.165) is 12.8 Å². The Morgan fingerprint density at radius 3 is 2.41 bits per heavy atom. The minimum atomic E-state index is -1.35. The van der Waals surface area contributed by atoms with Crippen molar-refractivity contribution in [1.29, 1.82) is 0 Å². The lowest BCUT2D eigenvalue weighted by Gasteiger charge is -2.47. The Kier molecular flexibility index (Phi) is 16.6. The lowest BCUT2D eigenvalue weighted by Crippen LogP contribution is -2.63. The summed E-state index contributed by atoms with van der Waals surface area (Å²) in [6.45, 7) is 9.39. The number of aliphatic hydroxyl groups is 3. The Labute approximate surface area is 236 Å². The standard InChI is InChI=1S/C31H57NO7/c1-8-9-10-11-13-16-21(2)19-23(39-7)17-14-12-15-18-25(33)32-24(20-38-6)28(35)26-27(34)22(3)29(36)31(4,5)30(26)37/h12,14,21-24,26-29,34-36H,8-11,13,15-20H2,1-7H3,(H,32,33)/b14-12+/t21?,22-,23?,24?,26+,27-,28?,29+/m0/s1. The van der Waals surface area contributed by atoms with Gasteiger partial charge in [-0.1, -0.05) is 85.3 Å². The summed E-state index contributed by atoms with van der Waals surface area (Å²) in [5.74, 6) is -1.82. The molecule has 4 unspecified atom stereocenters. The molecule has 0 bridgehead atoms. The van der Waals surface area contributed by atoms with Crippen molar-refractivity contribution in [1.82, 2.24) is 5.32 Å². The Hall–Kier alpha value is -1.32. The third-order valence-corrected chi connectivity index (χ3v) is 8.46. The van der Waals surface area contributed by atoms with E-state index in [1.807, 2.05) is 6.08 Å². The summed E-state index contributed by atoms with van der Waals surface area (Å²) in [6, 6.07) is -0.866. The number of nitrogens with one attached hydrogen (secondary N) is 1. The number of ketones is 1. The summed E-state index contributed by atoms with van der Waals surface area (Å²) in [5, 5.41) is 35.0. The van der Waals surface area contributed by atoms with Crippen LogP contribution >= 0.6 is 0 Å². The van der Waals surface area contributed by atoms with Gasteiger partial charge in [0.05, 0.1) is 48.4 Å². The van der Waals surface area contributed by atoms with E-state index in [4.69, 9.17) is 9.47 Å². The number of hydrogen-bond donors (Lipinski definition) is 4. The van der Waals surface area contributed by atoms with Gasteiger partial charge in [0.1, 0.15) is 5.78 Å². The van der Waals surface area contributed by atoms with Crippen molar-refractivity contribution in [2.45, 2.75) is 129 Å². The fourth-order valence-corrected chi connectivity index (χ4v) is 5.72. The zero-order valence-electron chi connectivity index (χ0n) is 25.5. The number of rotatable bonds is 19. The molecule has 1 aliphatic rings. The molecule has 1 aliphatic carbocycles. The predicted molar refractivity (Wildman–Crippen MR) is 154 cm³/mol. The number of carbonyl (C=O) groups is 2. The number of aliphatic hydroxyl groups excluding tert-OH is 3. The van der Waals surface area contributed by atoms with Crippen LogP contribution in [0.25, 0.3) is 0 Å². The molecule has 8 heteroatoms. The van der Waals surface area contributed by atoms with Crippen LogP contribution < -0.4 is 5.32 Å². The average Bonchev–Trinajstić information content (AvgIpc) is 2.90. The third kappa shape index (κ3) is 11.2. The first kappa shape index (κ1) is 35.7. The quantitative estimate of drug-likeness (QED) is 0.139. The number of allylic oxidation sites excluding steroid dienone is 1. The number of amides is 1. The second kappa shape index (κ2) is 18.2.